The lowest BCUT2D eigenvalue weighted by Gasteiger charge is -2.35. The average Bonchev–Trinajstić information content (AvgIpc) is 3.09. The zero-order valence-electron chi connectivity index (χ0n) is 17.7. The first kappa shape index (κ1) is 22.1. The first-order valence-corrected chi connectivity index (χ1v) is 11.9. The van der Waals surface area contributed by atoms with Crippen LogP contribution in [0.2, 0.25) is 0 Å². The van der Waals surface area contributed by atoms with E-state index < -0.39 is 17.2 Å². The van der Waals surface area contributed by atoms with Gasteiger partial charge < -0.3 is 15.0 Å². The topological polar surface area (TPSA) is 53.9 Å². The molecule has 0 unspecified atom stereocenters. The first-order chi connectivity index (χ1) is 14.7. The summed E-state index contributed by atoms with van der Waals surface area (Å²) in [5.74, 6) is 0.355. The van der Waals surface area contributed by atoms with Crippen molar-refractivity contribution in [1.29, 1.82) is 0 Å². The minimum atomic E-state index is -0.882. The van der Waals surface area contributed by atoms with E-state index in [1.807, 2.05) is 51.1 Å². The minimum absolute atomic E-state index is 0.0323. The smallest absolute Gasteiger partial charge is 0.410 e. The van der Waals surface area contributed by atoms with Gasteiger partial charge in [-0.1, -0.05) is 45.9 Å². The molecule has 2 aliphatic rings. The summed E-state index contributed by atoms with van der Waals surface area (Å²) < 4.78 is 21.5. The number of amides is 1. The lowest BCUT2D eigenvalue weighted by atomic mass is 9.81. The van der Waals surface area contributed by atoms with E-state index in [1.165, 1.54) is 6.07 Å². The molecule has 1 saturated heterocycles. The number of benzene rings is 2. The Bertz CT molecular complexity index is 1010. The van der Waals surface area contributed by atoms with Crippen LogP contribution in [0.1, 0.15) is 26.3 Å². The Balaban J connectivity index is 1.73. The molecular weight excluding hydrogens is 481 g/mol. The van der Waals surface area contributed by atoms with Gasteiger partial charge in [0.1, 0.15) is 17.0 Å². The van der Waals surface area contributed by atoms with Crippen molar-refractivity contribution >= 4 is 44.6 Å². The van der Waals surface area contributed by atoms with E-state index in [9.17, 15) is 4.79 Å². The van der Waals surface area contributed by atoms with Gasteiger partial charge in [-0.05, 0) is 51.1 Å². The number of thioether (sulfide) groups is 1. The Labute approximate surface area is 194 Å². The molecule has 0 spiro atoms. The molecule has 5 nitrogen and oxygen atoms in total. The highest BCUT2D eigenvalue weighted by atomic mass is 79.9. The van der Waals surface area contributed by atoms with Crippen LogP contribution in [-0.4, -0.2) is 40.6 Å². The minimum Gasteiger partial charge on any atom is -0.444 e. The molecule has 0 radical (unpaired) electrons. The highest BCUT2D eigenvalue weighted by Gasteiger charge is 2.53. The van der Waals surface area contributed by atoms with Gasteiger partial charge in [0.2, 0.25) is 0 Å². The quantitative estimate of drug-likeness (QED) is 0.554. The number of anilines is 1. The number of carbonyl (C=O) groups excluding carboxylic acids is 1. The van der Waals surface area contributed by atoms with E-state index in [-0.39, 0.29) is 18.3 Å². The number of rotatable bonds is 2. The van der Waals surface area contributed by atoms with Gasteiger partial charge in [0.15, 0.2) is 5.17 Å². The molecule has 2 heterocycles. The maximum atomic E-state index is 15.1. The van der Waals surface area contributed by atoms with Crippen LogP contribution in [0.4, 0.5) is 14.9 Å². The zero-order chi connectivity index (χ0) is 22.2. The van der Waals surface area contributed by atoms with E-state index in [0.717, 1.165) is 10.2 Å². The van der Waals surface area contributed by atoms with Gasteiger partial charge in [-0.3, -0.25) is 0 Å². The van der Waals surface area contributed by atoms with Crippen molar-refractivity contribution in [3.8, 4) is 0 Å². The fraction of sp³-hybridized carbons (Fsp3) is 0.391. The summed E-state index contributed by atoms with van der Waals surface area (Å²) in [5.41, 5.74) is -0.0748. The lowest BCUT2D eigenvalue weighted by molar-refractivity contribution is 0.0282. The van der Waals surface area contributed by atoms with Crippen LogP contribution in [0.5, 0.6) is 0 Å². The number of hydrogen-bond donors (Lipinski definition) is 1. The third-order valence-electron chi connectivity index (χ3n) is 5.34. The standard InChI is InChI=1S/C23H25BrFN3O2S/c1-22(2,3)30-21(29)28-12-15-13-31-20(26-17-7-5-4-6-8-17)27-23(15,14-28)18-11-16(24)9-10-19(18)25/h4-11,15H,12-14H2,1-3H3,(H,26,27)/t15-,23+/m1/s1. The van der Waals surface area contributed by atoms with Crippen molar-refractivity contribution in [2.24, 2.45) is 10.9 Å². The molecule has 2 aliphatic heterocycles. The largest absolute Gasteiger partial charge is 0.444 e. The number of para-hydroxylation sites is 1. The van der Waals surface area contributed by atoms with Crippen molar-refractivity contribution in [2.75, 3.05) is 24.2 Å². The maximum absolute atomic E-state index is 15.1. The van der Waals surface area contributed by atoms with Gasteiger partial charge in [-0.15, -0.1) is 0 Å². The third-order valence-corrected chi connectivity index (χ3v) is 6.87. The van der Waals surface area contributed by atoms with Crippen LogP contribution < -0.4 is 5.32 Å². The molecule has 2 aromatic rings. The molecule has 4 rings (SSSR count). The number of nitrogens with zero attached hydrogens (tertiary/aromatic N) is 2. The second-order valence-electron chi connectivity index (χ2n) is 8.83. The molecule has 0 saturated carbocycles. The Kier molecular flexibility index (Phi) is 6.05. The molecule has 164 valence electrons. The fourth-order valence-electron chi connectivity index (χ4n) is 3.98. The van der Waals surface area contributed by atoms with E-state index in [1.54, 1.807) is 28.8 Å². The summed E-state index contributed by atoms with van der Waals surface area (Å²) in [6.45, 7) is 6.26. The summed E-state index contributed by atoms with van der Waals surface area (Å²) in [6.07, 6.45) is -0.394. The maximum Gasteiger partial charge on any atom is 0.410 e. The first-order valence-electron chi connectivity index (χ1n) is 10.1. The lowest BCUT2D eigenvalue weighted by Crippen LogP contribution is -2.41. The molecule has 31 heavy (non-hydrogen) atoms. The molecule has 2 aromatic carbocycles. The molecule has 1 amide bonds. The number of halogens is 2. The molecule has 0 aliphatic carbocycles. The molecule has 1 fully saturated rings. The van der Waals surface area contributed by atoms with Crippen LogP contribution in [0.15, 0.2) is 58.0 Å². The number of ether oxygens (including phenoxy) is 1. The van der Waals surface area contributed by atoms with Crippen LogP contribution in [-0.2, 0) is 10.3 Å². The second kappa shape index (κ2) is 8.47. The van der Waals surface area contributed by atoms with Crippen molar-refractivity contribution in [3.63, 3.8) is 0 Å². The SMILES string of the molecule is CC(C)(C)OC(=O)N1C[C@@H]2CSC(Nc3ccccc3)=N[C@@]2(c2cc(Br)ccc2F)C1. The van der Waals surface area contributed by atoms with E-state index in [0.29, 0.717) is 23.0 Å². The Morgan fingerprint density at radius 1 is 1.29 bits per heavy atom. The van der Waals surface area contributed by atoms with Gasteiger partial charge >= 0.3 is 6.09 Å². The summed E-state index contributed by atoms with van der Waals surface area (Å²) in [4.78, 5) is 19.5. The number of hydrogen-bond acceptors (Lipinski definition) is 5. The van der Waals surface area contributed by atoms with Crippen LogP contribution >= 0.6 is 27.7 Å². The summed E-state index contributed by atoms with van der Waals surface area (Å²) in [5, 5.41) is 4.06. The van der Waals surface area contributed by atoms with Gasteiger partial charge in [0, 0.05) is 33.9 Å². The molecular formula is C23H25BrFN3O2S. The van der Waals surface area contributed by atoms with Crippen LogP contribution in [0.3, 0.4) is 0 Å². The number of nitrogens with one attached hydrogen (secondary N) is 1. The molecule has 0 aromatic heterocycles. The predicted molar refractivity (Wildman–Crippen MR) is 127 cm³/mol. The highest BCUT2D eigenvalue weighted by molar-refractivity contribution is 9.10. The molecule has 0 bridgehead atoms. The third kappa shape index (κ3) is 4.75. The average molecular weight is 506 g/mol. The fourth-order valence-corrected chi connectivity index (χ4v) is 5.50. The van der Waals surface area contributed by atoms with Crippen LogP contribution in [0.25, 0.3) is 0 Å². The number of fused-ring (bicyclic) bond motifs is 1. The normalized spacial score (nSPS) is 23.2. The van der Waals surface area contributed by atoms with E-state index in [4.69, 9.17) is 9.73 Å². The van der Waals surface area contributed by atoms with Crippen molar-refractivity contribution < 1.29 is 13.9 Å². The van der Waals surface area contributed by atoms with Gasteiger partial charge in [-0.25, -0.2) is 14.2 Å². The Hall–Kier alpha value is -2.06. The Morgan fingerprint density at radius 3 is 2.74 bits per heavy atom. The van der Waals surface area contributed by atoms with Crippen molar-refractivity contribution in [3.05, 3.63) is 64.4 Å². The number of carbonyl (C=O) groups is 1. The highest BCUT2D eigenvalue weighted by Crippen LogP contribution is 2.47. The number of amidine groups is 1. The summed E-state index contributed by atoms with van der Waals surface area (Å²) in [6, 6.07) is 14.7. The van der Waals surface area contributed by atoms with Crippen LogP contribution in [0, 0.1) is 11.7 Å². The second-order valence-corrected chi connectivity index (χ2v) is 10.7. The predicted octanol–water partition coefficient (Wildman–Crippen LogP) is 5.87. The Morgan fingerprint density at radius 2 is 2.03 bits per heavy atom. The van der Waals surface area contributed by atoms with Crippen molar-refractivity contribution in [1.82, 2.24) is 4.90 Å². The van der Waals surface area contributed by atoms with E-state index >= 15 is 4.39 Å². The number of aliphatic imine (C=N–C) groups is 1. The van der Waals surface area contributed by atoms with Gasteiger partial charge in [0.25, 0.3) is 0 Å². The summed E-state index contributed by atoms with van der Waals surface area (Å²) >= 11 is 5.06. The molecule has 2 atom stereocenters. The molecule has 8 heteroatoms. The zero-order valence-corrected chi connectivity index (χ0v) is 20.1. The van der Waals surface area contributed by atoms with E-state index in [2.05, 4.69) is 21.2 Å². The monoisotopic (exact) mass is 505 g/mol. The summed E-state index contributed by atoms with van der Waals surface area (Å²) in [7, 11) is 0. The van der Waals surface area contributed by atoms with Gasteiger partial charge in [-0.2, -0.15) is 0 Å². The van der Waals surface area contributed by atoms with Crippen molar-refractivity contribution in [2.45, 2.75) is 31.9 Å². The molecule has 1 N–H and O–H groups in total. The number of likely N-dealkylation sites (tertiary alicyclic amines) is 1. The van der Waals surface area contributed by atoms with Gasteiger partial charge in [0.05, 0.1) is 6.54 Å².